The molecule has 0 radical (unpaired) electrons. The van der Waals surface area contributed by atoms with Gasteiger partial charge in [-0.15, -0.1) is 12.4 Å². The smallest absolute Gasteiger partial charge is 0.324 e. The molecular weight excluding hydrogens is 288 g/mol. The lowest BCUT2D eigenvalue weighted by molar-refractivity contribution is 0.132. The molecule has 0 aromatic heterocycles. The number of hydrogen-bond acceptors (Lipinski definition) is 3. The van der Waals surface area contributed by atoms with Crippen molar-refractivity contribution in [2.24, 2.45) is 11.8 Å². The Morgan fingerprint density at radius 3 is 2.76 bits per heavy atom. The molecule has 2 rings (SSSR count). The molecule has 2 amide bonds. The topological polar surface area (TPSA) is 73.4 Å². The van der Waals surface area contributed by atoms with Crippen molar-refractivity contribution in [2.75, 3.05) is 13.1 Å². The minimum Gasteiger partial charge on any atom is -0.324 e. The molecule has 0 bridgehead atoms. The number of piperidine rings is 1. The molecule has 1 aliphatic rings. The lowest BCUT2D eigenvalue weighted by Crippen LogP contribution is -2.49. The fraction of sp³-hybridized carbons (Fsp3) is 0.467. The fourth-order valence-electron chi connectivity index (χ4n) is 2.39. The van der Waals surface area contributed by atoms with E-state index in [2.05, 4.69) is 13.0 Å². The van der Waals surface area contributed by atoms with Gasteiger partial charge >= 0.3 is 6.03 Å². The fourth-order valence-corrected chi connectivity index (χ4v) is 2.39. The third-order valence-corrected chi connectivity index (χ3v) is 3.71. The van der Waals surface area contributed by atoms with Gasteiger partial charge in [0.1, 0.15) is 0 Å². The summed E-state index contributed by atoms with van der Waals surface area (Å²) in [5, 5.41) is 10.1. The Hall–Kier alpha value is -1.77. The average Bonchev–Trinajstić information content (AvgIpc) is 2.47. The number of benzene rings is 1. The van der Waals surface area contributed by atoms with Crippen LogP contribution in [-0.2, 0) is 6.54 Å². The molecule has 114 valence electrons. The lowest BCUT2D eigenvalue weighted by Gasteiger charge is -2.33. The van der Waals surface area contributed by atoms with Gasteiger partial charge in [-0.25, -0.2) is 10.6 Å². The number of hydrogen-bond donors (Lipinski definition) is 1. The van der Waals surface area contributed by atoms with E-state index in [1.54, 1.807) is 23.1 Å². The van der Waals surface area contributed by atoms with E-state index in [4.69, 9.17) is 11.1 Å². The third-order valence-electron chi connectivity index (χ3n) is 3.71. The SMILES string of the molecule is CC1CCN(C(=O)N(N)Cc2cccc(C#N)c2)CC1.Cl. The van der Waals surface area contributed by atoms with E-state index >= 15 is 0 Å². The van der Waals surface area contributed by atoms with Gasteiger partial charge in [0, 0.05) is 13.1 Å². The summed E-state index contributed by atoms with van der Waals surface area (Å²) >= 11 is 0. The summed E-state index contributed by atoms with van der Waals surface area (Å²) in [5.41, 5.74) is 1.44. The number of nitrogens with zero attached hydrogens (tertiary/aromatic N) is 3. The number of nitrogens with two attached hydrogens (primary N) is 1. The minimum absolute atomic E-state index is 0. The van der Waals surface area contributed by atoms with E-state index < -0.39 is 0 Å². The maximum absolute atomic E-state index is 12.2. The van der Waals surface area contributed by atoms with Crippen LogP contribution in [-0.4, -0.2) is 29.0 Å². The zero-order chi connectivity index (χ0) is 14.5. The molecule has 0 unspecified atom stereocenters. The normalized spacial score (nSPS) is 15.0. The summed E-state index contributed by atoms with van der Waals surface area (Å²) in [6.07, 6.45) is 2.06. The van der Waals surface area contributed by atoms with E-state index in [9.17, 15) is 4.79 Å². The van der Waals surface area contributed by atoms with Crippen molar-refractivity contribution in [3.05, 3.63) is 35.4 Å². The Labute approximate surface area is 131 Å². The molecule has 1 saturated heterocycles. The van der Waals surface area contributed by atoms with Gasteiger partial charge in [-0.1, -0.05) is 19.1 Å². The number of amides is 2. The van der Waals surface area contributed by atoms with Crippen molar-refractivity contribution < 1.29 is 4.79 Å². The van der Waals surface area contributed by atoms with Gasteiger partial charge in [-0.2, -0.15) is 5.26 Å². The molecular formula is C15H21ClN4O. The first kappa shape index (κ1) is 17.3. The van der Waals surface area contributed by atoms with Gasteiger partial charge in [0.25, 0.3) is 0 Å². The molecule has 6 heteroatoms. The zero-order valence-corrected chi connectivity index (χ0v) is 13.0. The number of hydrazine groups is 1. The predicted octanol–water partition coefficient (Wildman–Crippen LogP) is 2.51. The Balaban J connectivity index is 0.00000220. The first-order chi connectivity index (χ1) is 9.60. The van der Waals surface area contributed by atoms with Gasteiger partial charge < -0.3 is 4.90 Å². The van der Waals surface area contributed by atoms with Gasteiger partial charge in [0.15, 0.2) is 0 Å². The maximum atomic E-state index is 12.2. The van der Waals surface area contributed by atoms with Crippen LogP contribution in [0.1, 0.15) is 30.9 Å². The van der Waals surface area contributed by atoms with E-state index in [0.29, 0.717) is 18.0 Å². The molecule has 0 saturated carbocycles. The van der Waals surface area contributed by atoms with Crippen LogP contribution in [0, 0.1) is 17.2 Å². The molecule has 0 aliphatic carbocycles. The number of carbonyl (C=O) groups excluding carboxylic acids is 1. The molecule has 5 nitrogen and oxygen atoms in total. The lowest BCUT2D eigenvalue weighted by atomic mass is 10.00. The van der Waals surface area contributed by atoms with Crippen LogP contribution in [0.5, 0.6) is 0 Å². The van der Waals surface area contributed by atoms with Gasteiger partial charge in [0.2, 0.25) is 0 Å². The van der Waals surface area contributed by atoms with Crippen molar-refractivity contribution in [1.29, 1.82) is 5.26 Å². The van der Waals surface area contributed by atoms with E-state index in [-0.39, 0.29) is 18.4 Å². The second-order valence-electron chi connectivity index (χ2n) is 5.39. The molecule has 1 aromatic rings. The average molecular weight is 309 g/mol. The summed E-state index contributed by atoms with van der Waals surface area (Å²) in [5.74, 6) is 6.54. The maximum Gasteiger partial charge on any atom is 0.334 e. The third kappa shape index (κ3) is 4.62. The van der Waals surface area contributed by atoms with E-state index in [0.717, 1.165) is 31.5 Å². The monoisotopic (exact) mass is 308 g/mol. The van der Waals surface area contributed by atoms with Crippen molar-refractivity contribution in [3.63, 3.8) is 0 Å². The standard InChI is InChI=1S/C15H20N4O.ClH/c1-12-5-7-18(8-6-12)15(20)19(17)11-14-4-2-3-13(9-14)10-16;/h2-4,9,12H,5-8,11,17H2,1H3;1H. The van der Waals surface area contributed by atoms with Gasteiger partial charge in [-0.05, 0) is 36.5 Å². The van der Waals surface area contributed by atoms with Gasteiger partial charge in [-0.3, -0.25) is 5.01 Å². The van der Waals surface area contributed by atoms with Crippen LogP contribution in [0.2, 0.25) is 0 Å². The summed E-state index contributed by atoms with van der Waals surface area (Å²) < 4.78 is 0. The second kappa shape index (κ2) is 7.87. The Morgan fingerprint density at radius 1 is 1.48 bits per heavy atom. The van der Waals surface area contributed by atoms with E-state index in [1.165, 1.54) is 5.01 Å². The van der Waals surface area contributed by atoms with Crippen LogP contribution in [0.3, 0.4) is 0 Å². The highest BCUT2D eigenvalue weighted by molar-refractivity contribution is 5.85. The Bertz CT molecular complexity index is 521. The van der Waals surface area contributed by atoms with Crippen molar-refractivity contribution in [2.45, 2.75) is 26.3 Å². The molecule has 2 N–H and O–H groups in total. The number of urea groups is 1. The summed E-state index contributed by atoms with van der Waals surface area (Å²) in [7, 11) is 0. The predicted molar refractivity (Wildman–Crippen MR) is 83.5 cm³/mol. The summed E-state index contributed by atoms with van der Waals surface area (Å²) in [4.78, 5) is 14.0. The number of carbonyl (C=O) groups is 1. The number of rotatable bonds is 2. The Kier molecular flexibility index (Phi) is 6.47. The molecule has 1 fully saturated rings. The highest BCUT2D eigenvalue weighted by Gasteiger charge is 2.23. The van der Waals surface area contributed by atoms with E-state index in [1.807, 2.05) is 6.07 Å². The zero-order valence-electron chi connectivity index (χ0n) is 12.2. The number of halogens is 1. The Morgan fingerprint density at radius 2 is 2.14 bits per heavy atom. The quantitative estimate of drug-likeness (QED) is 0.518. The molecule has 21 heavy (non-hydrogen) atoms. The van der Waals surface area contributed by atoms with Crippen LogP contribution in [0.15, 0.2) is 24.3 Å². The van der Waals surface area contributed by atoms with Crippen LogP contribution < -0.4 is 5.84 Å². The second-order valence-corrected chi connectivity index (χ2v) is 5.39. The first-order valence-electron chi connectivity index (χ1n) is 6.90. The molecule has 1 aliphatic heterocycles. The summed E-state index contributed by atoms with van der Waals surface area (Å²) in [6.45, 7) is 4.06. The largest absolute Gasteiger partial charge is 0.334 e. The molecule has 0 spiro atoms. The van der Waals surface area contributed by atoms with Crippen molar-refractivity contribution in [1.82, 2.24) is 9.91 Å². The van der Waals surface area contributed by atoms with Crippen LogP contribution in [0.4, 0.5) is 4.79 Å². The molecule has 0 atom stereocenters. The van der Waals surface area contributed by atoms with Crippen molar-refractivity contribution >= 4 is 18.4 Å². The molecule has 1 heterocycles. The minimum atomic E-state index is -0.140. The molecule has 1 aromatic carbocycles. The number of nitriles is 1. The highest BCUT2D eigenvalue weighted by atomic mass is 35.5. The first-order valence-corrected chi connectivity index (χ1v) is 6.90. The van der Waals surface area contributed by atoms with Gasteiger partial charge in [0.05, 0.1) is 18.2 Å². The van der Waals surface area contributed by atoms with Crippen molar-refractivity contribution in [3.8, 4) is 6.07 Å². The van der Waals surface area contributed by atoms with Crippen LogP contribution >= 0.6 is 12.4 Å². The van der Waals surface area contributed by atoms with Crippen LogP contribution in [0.25, 0.3) is 0 Å². The summed E-state index contributed by atoms with van der Waals surface area (Å²) in [6, 6.07) is 9.10. The highest BCUT2D eigenvalue weighted by Crippen LogP contribution is 2.17. The number of likely N-dealkylation sites (tertiary alicyclic amines) is 1.